The molecule has 166 valence electrons. The SMILES string of the molecule is C1CC2C3CCC(C3)C2C1.CC.CC.CC.CC.Oc1cccc2ccccc12. The third-order valence-corrected chi connectivity index (χ3v) is 6.12. The van der Waals surface area contributed by atoms with Crippen molar-refractivity contribution in [1.29, 1.82) is 0 Å². The summed E-state index contributed by atoms with van der Waals surface area (Å²) in [4.78, 5) is 0. The molecular weight excluding hydrogens is 352 g/mol. The van der Waals surface area contributed by atoms with Crippen molar-refractivity contribution in [2.45, 2.75) is 93.9 Å². The zero-order valence-corrected chi connectivity index (χ0v) is 20.5. The molecule has 5 rings (SSSR count). The van der Waals surface area contributed by atoms with E-state index in [9.17, 15) is 5.11 Å². The Morgan fingerprint density at radius 2 is 1.10 bits per heavy atom. The highest BCUT2D eigenvalue weighted by molar-refractivity contribution is 5.87. The summed E-state index contributed by atoms with van der Waals surface area (Å²) in [6.07, 6.45) is 9.53. The van der Waals surface area contributed by atoms with E-state index in [-0.39, 0.29) is 0 Å². The first-order chi connectivity index (χ1) is 14.3. The summed E-state index contributed by atoms with van der Waals surface area (Å²) in [6, 6.07) is 13.3. The van der Waals surface area contributed by atoms with Gasteiger partial charge in [-0.2, -0.15) is 0 Å². The maximum atomic E-state index is 9.37. The van der Waals surface area contributed by atoms with Gasteiger partial charge in [-0.05, 0) is 67.2 Å². The van der Waals surface area contributed by atoms with Crippen LogP contribution in [0.15, 0.2) is 42.5 Å². The van der Waals surface area contributed by atoms with Gasteiger partial charge in [0.2, 0.25) is 0 Å². The van der Waals surface area contributed by atoms with Crippen molar-refractivity contribution in [2.24, 2.45) is 23.7 Å². The van der Waals surface area contributed by atoms with E-state index in [4.69, 9.17) is 0 Å². The van der Waals surface area contributed by atoms with Crippen LogP contribution in [0.5, 0.6) is 5.75 Å². The van der Waals surface area contributed by atoms with E-state index < -0.39 is 0 Å². The van der Waals surface area contributed by atoms with Crippen LogP contribution in [0, 0.1) is 23.7 Å². The van der Waals surface area contributed by atoms with E-state index >= 15 is 0 Å². The molecule has 1 N–H and O–H groups in total. The summed E-state index contributed by atoms with van der Waals surface area (Å²) in [7, 11) is 0. The molecular formula is C28H48O. The summed E-state index contributed by atoms with van der Waals surface area (Å²) < 4.78 is 0. The van der Waals surface area contributed by atoms with Crippen molar-refractivity contribution >= 4 is 10.8 Å². The summed E-state index contributed by atoms with van der Waals surface area (Å²) in [5, 5.41) is 11.4. The molecule has 2 aromatic carbocycles. The average molecular weight is 401 g/mol. The minimum atomic E-state index is 0.350. The van der Waals surface area contributed by atoms with Crippen molar-refractivity contribution in [3.8, 4) is 5.75 Å². The minimum absolute atomic E-state index is 0.350. The molecule has 0 aromatic heterocycles. The number of hydrogen-bond donors (Lipinski definition) is 1. The lowest BCUT2D eigenvalue weighted by Gasteiger charge is -2.23. The van der Waals surface area contributed by atoms with Crippen LogP contribution >= 0.6 is 0 Å². The third kappa shape index (κ3) is 7.36. The van der Waals surface area contributed by atoms with Gasteiger partial charge < -0.3 is 5.11 Å². The molecule has 3 fully saturated rings. The molecule has 0 aliphatic heterocycles. The molecule has 3 saturated carbocycles. The van der Waals surface area contributed by atoms with Gasteiger partial charge in [0, 0.05) is 5.39 Å². The standard InChI is InChI=1S/C10H8O.C10H16.4C2H6/c11-10-7-3-5-8-4-1-2-6-9(8)10;1-2-9-7-4-5-8(6-7)10(9)3-1;4*1-2/h1-7,11H;7-10H,1-6H2;4*1-2H3. The first kappa shape index (κ1) is 27.5. The Bertz CT molecular complexity index is 612. The molecule has 1 heteroatoms. The predicted molar refractivity (Wildman–Crippen MR) is 133 cm³/mol. The maximum absolute atomic E-state index is 9.37. The van der Waals surface area contributed by atoms with Gasteiger partial charge in [-0.25, -0.2) is 0 Å². The van der Waals surface area contributed by atoms with Crippen LogP contribution in [0.3, 0.4) is 0 Å². The van der Waals surface area contributed by atoms with E-state index in [0.717, 1.165) is 10.8 Å². The van der Waals surface area contributed by atoms with Crippen LogP contribution in [0.25, 0.3) is 10.8 Å². The van der Waals surface area contributed by atoms with E-state index in [2.05, 4.69) is 0 Å². The average Bonchev–Trinajstić information content (AvgIpc) is 3.56. The van der Waals surface area contributed by atoms with Crippen molar-refractivity contribution in [1.82, 2.24) is 0 Å². The highest BCUT2D eigenvalue weighted by Gasteiger charge is 2.48. The monoisotopic (exact) mass is 400 g/mol. The lowest BCUT2D eigenvalue weighted by atomic mass is 9.82. The lowest BCUT2D eigenvalue weighted by Crippen LogP contribution is -2.15. The summed E-state index contributed by atoms with van der Waals surface area (Å²) in [5.41, 5.74) is 0. The fourth-order valence-corrected chi connectivity index (χ4v) is 5.23. The molecule has 3 aliphatic carbocycles. The van der Waals surface area contributed by atoms with Gasteiger partial charge in [0.1, 0.15) is 5.75 Å². The Hall–Kier alpha value is -1.50. The molecule has 29 heavy (non-hydrogen) atoms. The van der Waals surface area contributed by atoms with Gasteiger partial charge >= 0.3 is 0 Å². The molecule has 0 heterocycles. The number of aromatic hydroxyl groups is 1. The molecule has 0 saturated heterocycles. The Kier molecular flexibility index (Phi) is 15.5. The highest BCUT2D eigenvalue weighted by atomic mass is 16.3. The van der Waals surface area contributed by atoms with Crippen molar-refractivity contribution in [3.63, 3.8) is 0 Å². The Morgan fingerprint density at radius 3 is 1.62 bits per heavy atom. The largest absolute Gasteiger partial charge is 0.507 e. The molecule has 0 spiro atoms. The van der Waals surface area contributed by atoms with Crippen LogP contribution < -0.4 is 0 Å². The number of phenolic OH excluding ortho intramolecular Hbond substituents is 1. The molecule has 0 amide bonds. The summed E-state index contributed by atoms with van der Waals surface area (Å²) >= 11 is 0. The van der Waals surface area contributed by atoms with Crippen LogP contribution in [-0.2, 0) is 0 Å². The normalized spacial score (nSPS) is 24.6. The van der Waals surface area contributed by atoms with E-state index in [1.165, 1.54) is 23.7 Å². The second kappa shape index (κ2) is 16.3. The number of rotatable bonds is 0. The maximum Gasteiger partial charge on any atom is 0.123 e. The number of benzene rings is 2. The number of hydrogen-bond acceptors (Lipinski definition) is 1. The third-order valence-electron chi connectivity index (χ3n) is 6.12. The van der Waals surface area contributed by atoms with Crippen LogP contribution in [0.4, 0.5) is 0 Å². The smallest absolute Gasteiger partial charge is 0.123 e. The molecule has 2 bridgehead atoms. The molecule has 2 aromatic rings. The number of phenols is 1. The number of fused-ring (bicyclic) bond motifs is 6. The van der Waals surface area contributed by atoms with Crippen molar-refractivity contribution in [2.75, 3.05) is 0 Å². The summed E-state index contributed by atoms with van der Waals surface area (Å²) in [5.74, 6) is 5.15. The first-order valence-electron chi connectivity index (χ1n) is 12.5. The molecule has 3 aliphatic rings. The van der Waals surface area contributed by atoms with Crippen LogP contribution in [0.1, 0.15) is 93.9 Å². The van der Waals surface area contributed by atoms with Crippen molar-refractivity contribution in [3.05, 3.63) is 42.5 Å². The van der Waals surface area contributed by atoms with Gasteiger partial charge in [0.25, 0.3) is 0 Å². The Labute approximate surface area is 181 Å². The first-order valence-corrected chi connectivity index (χ1v) is 12.5. The fourth-order valence-electron chi connectivity index (χ4n) is 5.23. The predicted octanol–water partition coefficient (Wildman–Crippen LogP) is 9.48. The van der Waals surface area contributed by atoms with Crippen LogP contribution in [-0.4, -0.2) is 5.11 Å². The second-order valence-electron chi connectivity index (χ2n) is 7.09. The van der Waals surface area contributed by atoms with Gasteiger partial charge in [-0.3, -0.25) is 0 Å². The zero-order chi connectivity index (χ0) is 22.2. The molecule has 0 radical (unpaired) electrons. The van der Waals surface area contributed by atoms with Gasteiger partial charge in [-0.1, -0.05) is 98.2 Å². The van der Waals surface area contributed by atoms with E-state index in [0.29, 0.717) is 5.75 Å². The van der Waals surface area contributed by atoms with Gasteiger partial charge in [-0.15, -0.1) is 0 Å². The summed E-state index contributed by atoms with van der Waals surface area (Å²) in [6.45, 7) is 16.0. The zero-order valence-electron chi connectivity index (χ0n) is 20.5. The Balaban J connectivity index is 0.000000405. The van der Waals surface area contributed by atoms with Crippen LogP contribution in [0.2, 0.25) is 0 Å². The minimum Gasteiger partial charge on any atom is -0.507 e. The van der Waals surface area contributed by atoms with E-state index in [1.807, 2.05) is 91.8 Å². The lowest BCUT2D eigenvalue weighted by molar-refractivity contribution is 0.259. The molecule has 1 nitrogen and oxygen atoms in total. The Morgan fingerprint density at radius 1 is 0.621 bits per heavy atom. The fraction of sp³-hybridized carbons (Fsp3) is 0.643. The van der Waals surface area contributed by atoms with Gasteiger partial charge in [0.15, 0.2) is 0 Å². The van der Waals surface area contributed by atoms with Gasteiger partial charge in [0.05, 0.1) is 0 Å². The molecule has 4 atom stereocenters. The van der Waals surface area contributed by atoms with Crippen molar-refractivity contribution < 1.29 is 5.11 Å². The van der Waals surface area contributed by atoms with E-state index in [1.54, 1.807) is 44.6 Å². The second-order valence-corrected chi connectivity index (χ2v) is 7.09. The topological polar surface area (TPSA) is 20.2 Å². The highest BCUT2D eigenvalue weighted by Crippen LogP contribution is 2.58. The molecule has 4 unspecified atom stereocenters. The quantitative estimate of drug-likeness (QED) is 0.466.